The average Bonchev–Trinajstić information content (AvgIpc) is 1.88. The third-order valence-electron chi connectivity index (χ3n) is 0.604. The molecular formula is C5H8N3S. The Morgan fingerprint density at radius 2 is 2.67 bits per heavy atom. The van der Waals surface area contributed by atoms with Crippen LogP contribution < -0.4 is 5.32 Å². The van der Waals surface area contributed by atoms with Crippen molar-refractivity contribution in [2.24, 2.45) is 4.99 Å². The summed E-state index contributed by atoms with van der Waals surface area (Å²) >= 11 is 1.41. The monoisotopic (exact) mass is 142 g/mol. The summed E-state index contributed by atoms with van der Waals surface area (Å²) < 4.78 is 0. The predicted molar refractivity (Wildman–Crippen MR) is 39.9 cm³/mol. The molecule has 3 nitrogen and oxygen atoms in total. The second-order valence-corrected chi connectivity index (χ2v) is 2.20. The summed E-state index contributed by atoms with van der Waals surface area (Å²) in [6.45, 7) is 3.59. The molecule has 0 aromatic heterocycles. The van der Waals surface area contributed by atoms with Gasteiger partial charge in [-0.2, -0.15) is 5.26 Å². The highest BCUT2D eigenvalue weighted by atomic mass is 32.2. The Morgan fingerprint density at radius 3 is 3.00 bits per heavy atom. The van der Waals surface area contributed by atoms with Gasteiger partial charge in [0, 0.05) is 12.8 Å². The molecule has 4 heteroatoms. The molecule has 9 heavy (non-hydrogen) atoms. The molecule has 0 fully saturated rings. The van der Waals surface area contributed by atoms with E-state index in [1.54, 1.807) is 13.2 Å². The Morgan fingerprint density at radius 1 is 2.00 bits per heavy atom. The van der Waals surface area contributed by atoms with Crippen LogP contribution >= 0.6 is 11.8 Å². The molecule has 1 radical (unpaired) electrons. The van der Waals surface area contributed by atoms with E-state index in [9.17, 15) is 0 Å². The van der Waals surface area contributed by atoms with Crippen LogP contribution in [0.4, 0.5) is 0 Å². The van der Waals surface area contributed by atoms with Crippen molar-refractivity contribution in [3.63, 3.8) is 0 Å². The normalized spacial score (nSPS) is 10.6. The van der Waals surface area contributed by atoms with E-state index in [-0.39, 0.29) is 0 Å². The minimum Gasteiger partial charge on any atom is -0.367 e. The fourth-order valence-corrected chi connectivity index (χ4v) is 0.745. The van der Waals surface area contributed by atoms with Crippen LogP contribution in [0.15, 0.2) is 4.99 Å². The van der Waals surface area contributed by atoms with Crippen molar-refractivity contribution >= 4 is 16.9 Å². The third kappa shape index (κ3) is 3.86. The van der Waals surface area contributed by atoms with Crippen LogP contribution in [0.3, 0.4) is 0 Å². The first-order valence-corrected chi connectivity index (χ1v) is 3.40. The topological polar surface area (TPSA) is 48.2 Å². The number of hydrogen-bond acceptors (Lipinski definition) is 3. The van der Waals surface area contributed by atoms with Gasteiger partial charge in [0.05, 0.1) is 0 Å². The Hall–Kier alpha value is -0.690. The number of rotatable bonds is 1. The molecule has 0 rings (SSSR count). The maximum atomic E-state index is 8.08. The third-order valence-corrected chi connectivity index (χ3v) is 1.38. The zero-order valence-corrected chi connectivity index (χ0v) is 6.03. The smallest absolute Gasteiger partial charge is 0.208 e. The largest absolute Gasteiger partial charge is 0.367 e. The predicted octanol–water partition coefficient (Wildman–Crippen LogP) is 0.610. The number of hydrogen-bond donors (Lipinski definition) is 1. The van der Waals surface area contributed by atoms with Gasteiger partial charge in [0.25, 0.3) is 0 Å². The van der Waals surface area contributed by atoms with Crippen LogP contribution in [0.1, 0.15) is 0 Å². The van der Waals surface area contributed by atoms with Gasteiger partial charge in [-0.05, 0) is 6.92 Å². The molecule has 0 bridgehead atoms. The summed E-state index contributed by atoms with van der Waals surface area (Å²) in [5.74, 6) is 0.682. The van der Waals surface area contributed by atoms with E-state index < -0.39 is 0 Å². The molecule has 0 aliphatic rings. The quantitative estimate of drug-likeness (QED) is 0.331. The Bertz CT molecular complexity index is 136. The van der Waals surface area contributed by atoms with E-state index in [0.717, 1.165) is 0 Å². The SMILES string of the molecule is [CH2]CSC(=NC#N)NC. The minimum atomic E-state index is 0.618. The van der Waals surface area contributed by atoms with Crippen molar-refractivity contribution in [1.82, 2.24) is 5.32 Å². The first-order valence-electron chi connectivity index (χ1n) is 2.41. The molecule has 0 saturated heterocycles. The van der Waals surface area contributed by atoms with E-state index >= 15 is 0 Å². The highest BCUT2D eigenvalue weighted by molar-refractivity contribution is 8.13. The van der Waals surface area contributed by atoms with Gasteiger partial charge in [0.2, 0.25) is 6.19 Å². The molecule has 0 spiro atoms. The Labute approximate surface area is 59.2 Å². The zero-order valence-electron chi connectivity index (χ0n) is 5.22. The van der Waals surface area contributed by atoms with Gasteiger partial charge in [-0.3, -0.25) is 0 Å². The van der Waals surface area contributed by atoms with E-state index in [1.807, 2.05) is 0 Å². The molecule has 0 saturated carbocycles. The number of nitrogens with zero attached hydrogens (tertiary/aromatic N) is 2. The lowest BCUT2D eigenvalue weighted by molar-refractivity contribution is 1.19. The fourth-order valence-electron chi connectivity index (χ4n) is 0.302. The summed E-state index contributed by atoms with van der Waals surface area (Å²) in [6.07, 6.45) is 1.68. The minimum absolute atomic E-state index is 0.618. The average molecular weight is 142 g/mol. The number of aliphatic imine (C=N–C) groups is 1. The lowest BCUT2D eigenvalue weighted by Gasteiger charge is -1.97. The fraction of sp³-hybridized carbons (Fsp3) is 0.400. The molecule has 49 valence electrons. The van der Waals surface area contributed by atoms with Crippen LogP contribution in [0.5, 0.6) is 0 Å². The van der Waals surface area contributed by atoms with E-state index in [1.165, 1.54) is 11.8 Å². The number of thioether (sulfide) groups is 1. The number of nitrogens with one attached hydrogen (secondary N) is 1. The second-order valence-electron chi connectivity index (χ2n) is 1.12. The molecule has 0 amide bonds. The van der Waals surface area contributed by atoms with E-state index in [4.69, 9.17) is 5.26 Å². The van der Waals surface area contributed by atoms with Crippen molar-refractivity contribution in [3.8, 4) is 6.19 Å². The molecule has 0 aromatic carbocycles. The van der Waals surface area contributed by atoms with E-state index in [0.29, 0.717) is 10.9 Å². The van der Waals surface area contributed by atoms with Crippen molar-refractivity contribution in [2.45, 2.75) is 0 Å². The second kappa shape index (κ2) is 5.45. The van der Waals surface area contributed by atoms with Gasteiger partial charge >= 0.3 is 0 Å². The summed E-state index contributed by atoms with van der Waals surface area (Å²) in [5.41, 5.74) is 0. The maximum absolute atomic E-state index is 8.08. The standard InChI is InChI=1S/C5H8N3S/c1-3-9-5(7-2)8-4-6/h1,3H2,2H3,(H,7,8). The van der Waals surface area contributed by atoms with Gasteiger partial charge < -0.3 is 5.32 Å². The van der Waals surface area contributed by atoms with Gasteiger partial charge in [-0.15, -0.1) is 4.99 Å². The molecule has 0 atom stereocenters. The summed E-state index contributed by atoms with van der Waals surface area (Å²) in [7, 11) is 1.72. The molecule has 0 aliphatic heterocycles. The zero-order chi connectivity index (χ0) is 7.11. The van der Waals surface area contributed by atoms with Crippen LogP contribution in [0, 0.1) is 18.4 Å². The Balaban J connectivity index is 3.70. The highest BCUT2D eigenvalue weighted by Gasteiger charge is 1.90. The van der Waals surface area contributed by atoms with E-state index in [2.05, 4.69) is 17.2 Å². The van der Waals surface area contributed by atoms with Crippen LogP contribution in [-0.4, -0.2) is 18.0 Å². The summed E-state index contributed by atoms with van der Waals surface area (Å²) in [4.78, 5) is 3.47. The van der Waals surface area contributed by atoms with Crippen LogP contribution in [0.25, 0.3) is 0 Å². The van der Waals surface area contributed by atoms with Crippen LogP contribution in [0.2, 0.25) is 0 Å². The van der Waals surface area contributed by atoms with Gasteiger partial charge in [0.1, 0.15) is 0 Å². The van der Waals surface area contributed by atoms with Crippen molar-refractivity contribution < 1.29 is 0 Å². The molecular weight excluding hydrogens is 134 g/mol. The van der Waals surface area contributed by atoms with Crippen molar-refractivity contribution in [3.05, 3.63) is 6.92 Å². The summed E-state index contributed by atoms with van der Waals surface area (Å²) in [5, 5.41) is 11.5. The number of nitriles is 1. The molecule has 0 unspecified atom stereocenters. The lowest BCUT2D eigenvalue weighted by Crippen LogP contribution is -2.13. The lowest BCUT2D eigenvalue weighted by atomic mass is 11.0. The van der Waals surface area contributed by atoms with Crippen molar-refractivity contribution in [1.29, 1.82) is 5.26 Å². The first kappa shape index (κ1) is 8.31. The Kier molecular flexibility index (Phi) is 5.03. The van der Waals surface area contributed by atoms with Crippen LogP contribution in [-0.2, 0) is 0 Å². The maximum Gasteiger partial charge on any atom is 0.208 e. The number of amidine groups is 1. The summed E-state index contributed by atoms with van der Waals surface area (Å²) in [6, 6.07) is 0. The molecule has 0 aliphatic carbocycles. The van der Waals surface area contributed by atoms with Gasteiger partial charge in [0.15, 0.2) is 5.17 Å². The van der Waals surface area contributed by atoms with Gasteiger partial charge in [-0.25, -0.2) is 0 Å². The van der Waals surface area contributed by atoms with Gasteiger partial charge in [-0.1, -0.05) is 11.8 Å². The first-order chi connectivity index (χ1) is 4.35. The van der Waals surface area contributed by atoms with Crippen molar-refractivity contribution in [2.75, 3.05) is 12.8 Å². The molecule has 0 heterocycles. The highest BCUT2D eigenvalue weighted by Crippen LogP contribution is 1.98. The molecule has 0 aromatic rings. The molecule has 1 N–H and O–H groups in total.